The number of halogens is 1. The van der Waals surface area contributed by atoms with E-state index in [4.69, 9.17) is 17.3 Å². The predicted molar refractivity (Wildman–Crippen MR) is 67.4 cm³/mol. The van der Waals surface area contributed by atoms with Gasteiger partial charge in [0.2, 0.25) is 5.95 Å². The number of nitrogens with zero attached hydrogens (tertiary/aromatic N) is 2. The highest BCUT2D eigenvalue weighted by molar-refractivity contribution is 6.32. The van der Waals surface area contributed by atoms with Crippen LogP contribution >= 0.6 is 11.6 Å². The second kappa shape index (κ2) is 4.18. The van der Waals surface area contributed by atoms with Crippen molar-refractivity contribution >= 4 is 17.5 Å². The standard InChI is InChI=1S/C12H14ClN3/c1-3-8-4-6-9(7-5-8)10-11(13)15-12(14)16(10)2/h4-7H,3H2,1-2H3,(H2,14,15). The molecule has 0 bridgehead atoms. The summed E-state index contributed by atoms with van der Waals surface area (Å²) in [6.45, 7) is 2.13. The SMILES string of the molecule is CCc1ccc(-c2c(Cl)nc(N)n2C)cc1. The molecule has 2 N–H and O–H groups in total. The van der Waals surface area contributed by atoms with Gasteiger partial charge in [-0.2, -0.15) is 0 Å². The van der Waals surface area contributed by atoms with Gasteiger partial charge in [0.1, 0.15) is 0 Å². The van der Waals surface area contributed by atoms with E-state index in [2.05, 4.69) is 24.0 Å². The molecule has 4 heteroatoms. The number of anilines is 1. The van der Waals surface area contributed by atoms with Gasteiger partial charge in [-0.25, -0.2) is 4.98 Å². The Hall–Kier alpha value is -1.48. The first-order valence-electron chi connectivity index (χ1n) is 5.20. The lowest BCUT2D eigenvalue weighted by atomic mass is 10.1. The van der Waals surface area contributed by atoms with Crippen LogP contribution in [0.5, 0.6) is 0 Å². The number of nitrogens with two attached hydrogens (primary N) is 1. The lowest BCUT2D eigenvalue weighted by Crippen LogP contribution is -1.98. The van der Waals surface area contributed by atoms with E-state index >= 15 is 0 Å². The summed E-state index contributed by atoms with van der Waals surface area (Å²) < 4.78 is 1.79. The Labute approximate surface area is 99.9 Å². The quantitative estimate of drug-likeness (QED) is 0.870. The van der Waals surface area contributed by atoms with Crippen LogP contribution in [0.25, 0.3) is 11.3 Å². The minimum Gasteiger partial charge on any atom is -0.369 e. The number of nitrogen functional groups attached to an aromatic ring is 1. The molecule has 0 aliphatic rings. The molecule has 16 heavy (non-hydrogen) atoms. The molecule has 0 radical (unpaired) electrons. The summed E-state index contributed by atoms with van der Waals surface area (Å²) in [6, 6.07) is 8.27. The van der Waals surface area contributed by atoms with E-state index in [0.29, 0.717) is 11.1 Å². The Morgan fingerprint density at radius 3 is 2.38 bits per heavy atom. The summed E-state index contributed by atoms with van der Waals surface area (Å²) in [5, 5.41) is 0.448. The van der Waals surface area contributed by atoms with Crippen molar-refractivity contribution < 1.29 is 0 Å². The van der Waals surface area contributed by atoms with Gasteiger partial charge in [-0.1, -0.05) is 42.8 Å². The fourth-order valence-corrected chi connectivity index (χ4v) is 2.02. The van der Waals surface area contributed by atoms with Gasteiger partial charge in [-0.15, -0.1) is 0 Å². The maximum atomic E-state index is 6.05. The van der Waals surface area contributed by atoms with Crippen LogP contribution in [0.2, 0.25) is 5.15 Å². The molecule has 1 heterocycles. The third-order valence-corrected chi connectivity index (χ3v) is 2.99. The smallest absolute Gasteiger partial charge is 0.201 e. The molecule has 0 unspecified atom stereocenters. The van der Waals surface area contributed by atoms with Crippen LogP contribution in [0.4, 0.5) is 5.95 Å². The van der Waals surface area contributed by atoms with Crippen molar-refractivity contribution in [1.82, 2.24) is 9.55 Å². The molecule has 0 saturated heterocycles. The maximum absolute atomic E-state index is 6.05. The average Bonchev–Trinajstić information content (AvgIpc) is 2.54. The van der Waals surface area contributed by atoms with E-state index < -0.39 is 0 Å². The van der Waals surface area contributed by atoms with Crippen LogP contribution in [-0.4, -0.2) is 9.55 Å². The molecular formula is C12H14ClN3. The number of aryl methyl sites for hydroxylation is 1. The molecule has 0 saturated carbocycles. The van der Waals surface area contributed by atoms with Crippen molar-refractivity contribution in [2.45, 2.75) is 13.3 Å². The number of imidazole rings is 1. The third-order valence-electron chi connectivity index (χ3n) is 2.72. The highest BCUT2D eigenvalue weighted by Gasteiger charge is 2.12. The molecule has 0 aliphatic carbocycles. The van der Waals surface area contributed by atoms with Crippen LogP contribution < -0.4 is 5.73 Å². The second-order valence-corrected chi connectivity index (χ2v) is 4.08. The van der Waals surface area contributed by atoms with Gasteiger partial charge in [0.05, 0.1) is 5.69 Å². The van der Waals surface area contributed by atoms with Crippen molar-refractivity contribution in [2.75, 3.05) is 5.73 Å². The Kier molecular flexibility index (Phi) is 2.88. The summed E-state index contributed by atoms with van der Waals surface area (Å²) in [5.74, 6) is 0.430. The zero-order chi connectivity index (χ0) is 11.7. The van der Waals surface area contributed by atoms with Crippen molar-refractivity contribution in [3.8, 4) is 11.3 Å². The third kappa shape index (κ3) is 1.78. The van der Waals surface area contributed by atoms with E-state index in [1.54, 1.807) is 4.57 Å². The van der Waals surface area contributed by atoms with Crippen LogP contribution in [0.15, 0.2) is 24.3 Å². The molecule has 1 aromatic carbocycles. The molecule has 84 valence electrons. The molecule has 2 aromatic rings. The van der Waals surface area contributed by atoms with Crippen LogP contribution in [0.3, 0.4) is 0 Å². The topological polar surface area (TPSA) is 43.8 Å². The van der Waals surface area contributed by atoms with Crippen molar-refractivity contribution in [3.63, 3.8) is 0 Å². The monoisotopic (exact) mass is 235 g/mol. The summed E-state index contributed by atoms with van der Waals surface area (Å²) in [7, 11) is 1.86. The molecule has 2 rings (SSSR count). The molecular weight excluding hydrogens is 222 g/mol. The van der Waals surface area contributed by atoms with Crippen molar-refractivity contribution in [3.05, 3.63) is 35.0 Å². The predicted octanol–water partition coefficient (Wildman–Crippen LogP) is 2.89. The van der Waals surface area contributed by atoms with Crippen LogP contribution in [-0.2, 0) is 13.5 Å². The highest BCUT2D eigenvalue weighted by Crippen LogP contribution is 2.29. The van der Waals surface area contributed by atoms with E-state index in [9.17, 15) is 0 Å². The van der Waals surface area contributed by atoms with Gasteiger partial charge < -0.3 is 10.3 Å². The second-order valence-electron chi connectivity index (χ2n) is 3.72. The van der Waals surface area contributed by atoms with Gasteiger partial charge in [0.25, 0.3) is 0 Å². The van der Waals surface area contributed by atoms with E-state index in [1.165, 1.54) is 5.56 Å². The molecule has 1 aromatic heterocycles. The van der Waals surface area contributed by atoms with E-state index in [0.717, 1.165) is 17.7 Å². The Morgan fingerprint density at radius 1 is 1.31 bits per heavy atom. The van der Waals surface area contributed by atoms with Gasteiger partial charge in [0, 0.05) is 12.6 Å². The van der Waals surface area contributed by atoms with Gasteiger partial charge in [-0.3, -0.25) is 0 Å². The minimum atomic E-state index is 0.430. The first-order valence-corrected chi connectivity index (χ1v) is 5.58. The number of rotatable bonds is 2. The first-order chi connectivity index (χ1) is 7.63. The largest absolute Gasteiger partial charge is 0.369 e. The number of aromatic nitrogens is 2. The molecule has 0 amide bonds. The summed E-state index contributed by atoms with van der Waals surface area (Å²) in [4.78, 5) is 4.04. The number of hydrogen-bond donors (Lipinski definition) is 1. The van der Waals surface area contributed by atoms with Crippen LogP contribution in [0.1, 0.15) is 12.5 Å². The Balaban J connectivity index is 2.50. The first kappa shape index (κ1) is 11.0. The molecule has 3 nitrogen and oxygen atoms in total. The lowest BCUT2D eigenvalue weighted by molar-refractivity contribution is 0.938. The fourth-order valence-electron chi connectivity index (χ4n) is 1.69. The average molecular weight is 236 g/mol. The molecule has 0 spiro atoms. The summed E-state index contributed by atoms with van der Waals surface area (Å²) in [6.07, 6.45) is 1.03. The van der Waals surface area contributed by atoms with Gasteiger partial charge in [-0.05, 0) is 12.0 Å². The van der Waals surface area contributed by atoms with E-state index in [1.807, 2.05) is 19.2 Å². The van der Waals surface area contributed by atoms with Gasteiger partial charge in [0.15, 0.2) is 5.15 Å². The maximum Gasteiger partial charge on any atom is 0.201 e. The summed E-state index contributed by atoms with van der Waals surface area (Å²) >= 11 is 6.05. The Morgan fingerprint density at radius 2 is 1.94 bits per heavy atom. The normalized spacial score (nSPS) is 10.7. The lowest BCUT2D eigenvalue weighted by Gasteiger charge is -2.05. The van der Waals surface area contributed by atoms with Crippen molar-refractivity contribution in [2.24, 2.45) is 7.05 Å². The van der Waals surface area contributed by atoms with Gasteiger partial charge >= 0.3 is 0 Å². The zero-order valence-corrected chi connectivity index (χ0v) is 10.1. The summed E-state index contributed by atoms with van der Waals surface area (Å²) in [5.41, 5.74) is 8.90. The number of benzene rings is 1. The Bertz CT molecular complexity index is 500. The number of hydrogen-bond acceptors (Lipinski definition) is 2. The zero-order valence-electron chi connectivity index (χ0n) is 9.37. The van der Waals surface area contributed by atoms with E-state index in [-0.39, 0.29) is 0 Å². The molecule has 0 atom stereocenters. The van der Waals surface area contributed by atoms with Crippen molar-refractivity contribution in [1.29, 1.82) is 0 Å². The van der Waals surface area contributed by atoms with Crippen LogP contribution in [0, 0.1) is 0 Å². The molecule has 0 fully saturated rings. The fraction of sp³-hybridized carbons (Fsp3) is 0.250. The minimum absolute atomic E-state index is 0.430. The molecule has 0 aliphatic heterocycles. The highest BCUT2D eigenvalue weighted by atomic mass is 35.5.